The lowest BCUT2D eigenvalue weighted by molar-refractivity contribution is -0.0299. The number of ether oxygens (including phenoxy) is 2. The van der Waals surface area contributed by atoms with Crippen LogP contribution < -0.4 is 9.47 Å². The van der Waals surface area contributed by atoms with Crippen LogP contribution in [0.25, 0.3) is 0 Å². The molecular formula is C26H38ClNO3. The highest BCUT2D eigenvalue weighted by atomic mass is 35.5. The van der Waals surface area contributed by atoms with Gasteiger partial charge in [0.1, 0.15) is 0 Å². The molecule has 2 atom stereocenters. The molecule has 3 rings (SSSR count). The summed E-state index contributed by atoms with van der Waals surface area (Å²) < 4.78 is 10.7. The minimum atomic E-state index is -0.639. The van der Waals surface area contributed by atoms with Gasteiger partial charge < -0.3 is 19.5 Å². The molecule has 0 saturated carbocycles. The van der Waals surface area contributed by atoms with Crippen molar-refractivity contribution in [1.29, 1.82) is 0 Å². The number of hydrogen-bond donors (Lipinski definition) is 1. The van der Waals surface area contributed by atoms with Crippen LogP contribution in [0.3, 0.4) is 0 Å². The van der Waals surface area contributed by atoms with Crippen LogP contribution in [0.4, 0.5) is 0 Å². The number of rotatable bonds is 9. The second-order valence-electron chi connectivity index (χ2n) is 9.02. The van der Waals surface area contributed by atoms with E-state index in [9.17, 15) is 5.11 Å². The van der Waals surface area contributed by atoms with Crippen LogP contribution in [-0.4, -0.2) is 50.0 Å². The Hall–Kier alpha value is -1.75. The van der Waals surface area contributed by atoms with Gasteiger partial charge in [0.15, 0.2) is 11.5 Å². The standard InChI is InChI=1S/C26H37NO3.ClH/c1-19(2)25-22-9-7-6-8-21(22)12-14-26(25,28)15-17-27(3)16-13-20-10-11-23(29-4)24(18-20)30-5;/h6-11,18-19,25,28H,12-17H2,1-5H3;1H/t25-,26-;/m0./s1. The van der Waals surface area contributed by atoms with Crippen LogP contribution in [0.2, 0.25) is 0 Å². The highest BCUT2D eigenvalue weighted by Crippen LogP contribution is 2.45. The number of halogens is 1. The van der Waals surface area contributed by atoms with E-state index in [0.29, 0.717) is 5.92 Å². The number of nitrogens with zero attached hydrogens (tertiary/aromatic N) is 1. The van der Waals surface area contributed by atoms with E-state index in [1.807, 2.05) is 12.1 Å². The Morgan fingerprint density at radius 1 is 1.06 bits per heavy atom. The number of methoxy groups -OCH3 is 2. The molecule has 1 aliphatic carbocycles. The number of aliphatic hydroxyl groups is 1. The molecule has 0 amide bonds. The average Bonchev–Trinajstić information content (AvgIpc) is 2.75. The maximum Gasteiger partial charge on any atom is 0.160 e. The van der Waals surface area contributed by atoms with Crippen molar-refractivity contribution >= 4 is 12.4 Å². The van der Waals surface area contributed by atoms with Crippen LogP contribution in [0, 0.1) is 5.92 Å². The Kier molecular flexibility index (Phi) is 9.23. The fraction of sp³-hybridized carbons (Fsp3) is 0.538. The van der Waals surface area contributed by atoms with Gasteiger partial charge in [-0.1, -0.05) is 44.2 Å². The third-order valence-electron chi connectivity index (χ3n) is 6.62. The quantitative estimate of drug-likeness (QED) is 0.580. The van der Waals surface area contributed by atoms with Crippen LogP contribution in [0.1, 0.15) is 49.3 Å². The zero-order valence-electron chi connectivity index (χ0n) is 19.6. The van der Waals surface area contributed by atoms with Crippen molar-refractivity contribution in [3.63, 3.8) is 0 Å². The zero-order chi connectivity index (χ0) is 21.7. The summed E-state index contributed by atoms with van der Waals surface area (Å²) in [5.41, 5.74) is 3.34. The van der Waals surface area contributed by atoms with Crippen molar-refractivity contribution < 1.29 is 14.6 Å². The molecule has 1 aliphatic rings. The molecule has 1 N–H and O–H groups in total. The first-order valence-electron chi connectivity index (χ1n) is 11.1. The second-order valence-corrected chi connectivity index (χ2v) is 9.02. The van der Waals surface area contributed by atoms with Crippen LogP contribution in [-0.2, 0) is 12.8 Å². The van der Waals surface area contributed by atoms with Gasteiger partial charge >= 0.3 is 0 Å². The number of likely N-dealkylation sites (N-methyl/N-ethyl adjacent to an activating group) is 1. The summed E-state index contributed by atoms with van der Waals surface area (Å²) in [7, 11) is 5.47. The molecule has 2 aromatic carbocycles. The van der Waals surface area contributed by atoms with Crippen molar-refractivity contribution in [2.24, 2.45) is 5.92 Å². The lowest BCUT2D eigenvalue weighted by atomic mass is 9.66. The highest BCUT2D eigenvalue weighted by Gasteiger charge is 2.42. The van der Waals surface area contributed by atoms with Crippen molar-refractivity contribution in [2.75, 3.05) is 34.4 Å². The fourth-order valence-corrected chi connectivity index (χ4v) is 4.97. The van der Waals surface area contributed by atoms with Gasteiger partial charge in [-0.2, -0.15) is 0 Å². The van der Waals surface area contributed by atoms with Crippen LogP contribution in [0.15, 0.2) is 42.5 Å². The molecule has 172 valence electrons. The Morgan fingerprint density at radius 3 is 2.45 bits per heavy atom. The third-order valence-corrected chi connectivity index (χ3v) is 6.62. The lowest BCUT2D eigenvalue weighted by Gasteiger charge is -2.44. The molecule has 2 aromatic rings. The SMILES string of the molecule is COc1ccc(CCN(C)CC[C@@]2(O)CCc3ccccc3[C@@H]2C(C)C)cc1OC.Cl. The molecule has 0 fully saturated rings. The molecule has 0 radical (unpaired) electrons. The summed E-state index contributed by atoms with van der Waals surface area (Å²) in [6.45, 7) is 6.29. The van der Waals surface area contributed by atoms with Crippen molar-refractivity contribution in [1.82, 2.24) is 4.90 Å². The Labute approximate surface area is 194 Å². The lowest BCUT2D eigenvalue weighted by Crippen LogP contribution is -2.45. The zero-order valence-corrected chi connectivity index (χ0v) is 20.4. The van der Waals surface area contributed by atoms with E-state index in [1.54, 1.807) is 14.2 Å². The molecule has 0 aromatic heterocycles. The van der Waals surface area contributed by atoms with E-state index < -0.39 is 5.60 Å². The molecule has 0 bridgehead atoms. The Bertz CT molecular complexity index is 841. The molecule has 5 heteroatoms. The summed E-state index contributed by atoms with van der Waals surface area (Å²) in [5, 5.41) is 11.7. The van der Waals surface area contributed by atoms with Crippen LogP contribution >= 0.6 is 12.4 Å². The van der Waals surface area contributed by atoms with Gasteiger partial charge in [-0.25, -0.2) is 0 Å². The van der Waals surface area contributed by atoms with Crippen molar-refractivity contribution in [2.45, 2.75) is 51.0 Å². The van der Waals surface area contributed by atoms with Gasteiger partial charge in [0.2, 0.25) is 0 Å². The molecule has 0 spiro atoms. The predicted molar refractivity (Wildman–Crippen MR) is 130 cm³/mol. The van der Waals surface area contributed by atoms with E-state index >= 15 is 0 Å². The largest absolute Gasteiger partial charge is 0.493 e. The van der Waals surface area contributed by atoms with Crippen molar-refractivity contribution in [3.8, 4) is 11.5 Å². The summed E-state index contributed by atoms with van der Waals surface area (Å²) in [6, 6.07) is 14.8. The van der Waals surface area contributed by atoms with Gasteiger partial charge in [-0.15, -0.1) is 12.4 Å². The third kappa shape index (κ3) is 5.94. The number of benzene rings is 2. The molecular weight excluding hydrogens is 410 g/mol. The smallest absolute Gasteiger partial charge is 0.160 e. The maximum atomic E-state index is 11.7. The van der Waals surface area contributed by atoms with E-state index in [0.717, 1.165) is 50.3 Å². The number of fused-ring (bicyclic) bond motifs is 1. The summed E-state index contributed by atoms with van der Waals surface area (Å²) >= 11 is 0. The fourth-order valence-electron chi connectivity index (χ4n) is 4.97. The van der Waals surface area contributed by atoms with Gasteiger partial charge in [0.25, 0.3) is 0 Å². The molecule has 0 aliphatic heterocycles. The van der Waals surface area contributed by atoms with E-state index in [-0.39, 0.29) is 18.3 Å². The summed E-state index contributed by atoms with van der Waals surface area (Å²) in [5.74, 6) is 2.14. The molecule has 4 nitrogen and oxygen atoms in total. The van der Waals surface area contributed by atoms with Crippen LogP contribution in [0.5, 0.6) is 11.5 Å². The molecule has 31 heavy (non-hydrogen) atoms. The number of aryl methyl sites for hydroxylation is 1. The van der Waals surface area contributed by atoms with Crippen molar-refractivity contribution in [3.05, 3.63) is 59.2 Å². The highest BCUT2D eigenvalue weighted by molar-refractivity contribution is 5.85. The average molecular weight is 448 g/mol. The maximum absolute atomic E-state index is 11.7. The van der Waals surface area contributed by atoms with E-state index in [1.165, 1.54) is 16.7 Å². The summed E-state index contributed by atoms with van der Waals surface area (Å²) in [4.78, 5) is 2.33. The monoisotopic (exact) mass is 447 g/mol. The number of hydrogen-bond acceptors (Lipinski definition) is 4. The van der Waals surface area contributed by atoms with E-state index in [2.05, 4.69) is 56.1 Å². The Balaban J connectivity index is 0.00000341. The van der Waals surface area contributed by atoms with Gasteiger partial charge in [0, 0.05) is 19.0 Å². The first kappa shape index (κ1) is 25.5. The topological polar surface area (TPSA) is 41.9 Å². The van der Waals surface area contributed by atoms with E-state index in [4.69, 9.17) is 9.47 Å². The predicted octanol–water partition coefficient (Wildman–Crippen LogP) is 5.11. The minimum absolute atomic E-state index is 0. The minimum Gasteiger partial charge on any atom is -0.493 e. The Morgan fingerprint density at radius 2 is 1.77 bits per heavy atom. The molecule has 0 heterocycles. The summed E-state index contributed by atoms with van der Waals surface area (Å²) in [6.07, 6.45) is 3.54. The van der Waals surface area contributed by atoms with Gasteiger partial charge in [0.05, 0.1) is 19.8 Å². The normalized spacial score (nSPS) is 20.3. The molecule has 0 unspecified atom stereocenters. The van der Waals surface area contributed by atoms with Gasteiger partial charge in [-0.3, -0.25) is 0 Å². The molecule has 0 saturated heterocycles. The first-order valence-corrected chi connectivity index (χ1v) is 11.1. The van der Waals surface area contributed by atoms with Gasteiger partial charge in [-0.05, 0) is 67.5 Å². The first-order chi connectivity index (χ1) is 14.4. The second kappa shape index (κ2) is 11.2.